The van der Waals surface area contributed by atoms with Gasteiger partial charge in [0.1, 0.15) is 0 Å². The molecule has 2 heterocycles. The predicted octanol–water partition coefficient (Wildman–Crippen LogP) is 17.7. The summed E-state index contributed by atoms with van der Waals surface area (Å²) in [7, 11) is 0. The van der Waals surface area contributed by atoms with Crippen LogP contribution in [0.1, 0.15) is 30.5 Å². The van der Waals surface area contributed by atoms with E-state index < -0.39 is 5.41 Å². The van der Waals surface area contributed by atoms with Crippen LogP contribution in [-0.2, 0) is 5.41 Å². The Hall–Kier alpha value is -8.66. The van der Waals surface area contributed by atoms with E-state index in [9.17, 15) is 0 Å². The van der Waals surface area contributed by atoms with Gasteiger partial charge in [0.25, 0.3) is 0 Å². The molecule has 0 N–H and O–H groups in total. The number of nitrogens with zero attached hydrogens (tertiary/aromatic N) is 3. The molecule has 10 aromatic carbocycles. The Morgan fingerprint density at radius 1 is 0.441 bits per heavy atom. The van der Waals surface area contributed by atoms with Gasteiger partial charge in [-0.05, 0) is 126 Å². The SMILES string of the molecule is C/C=C\C=C(/C)C1(c2cccc(N(c3ccccc3)c3ccc(-c4ccc(N(c5ccccc5)c5cccc6ccccc56)cc4)cc3)c2)c2ccccc2-n2c3ccccc3c3cccc1c32. The highest BCUT2D eigenvalue weighted by atomic mass is 15.1. The van der Waals surface area contributed by atoms with Crippen LogP contribution in [0.2, 0.25) is 0 Å². The van der Waals surface area contributed by atoms with Crippen LogP contribution in [0.25, 0.3) is 49.4 Å². The lowest BCUT2D eigenvalue weighted by molar-refractivity contribution is 0.709. The first kappa shape index (κ1) is 40.8. The Labute approximate surface area is 398 Å². The van der Waals surface area contributed by atoms with Gasteiger partial charge in [-0.1, -0.05) is 188 Å². The second kappa shape index (κ2) is 17.0. The van der Waals surface area contributed by atoms with Crippen molar-refractivity contribution in [3.63, 3.8) is 0 Å². The van der Waals surface area contributed by atoms with Crippen LogP contribution in [0.15, 0.2) is 266 Å². The predicted molar refractivity (Wildman–Crippen MR) is 288 cm³/mol. The molecule has 3 nitrogen and oxygen atoms in total. The van der Waals surface area contributed by atoms with Crippen LogP contribution in [-0.4, -0.2) is 4.57 Å². The van der Waals surface area contributed by atoms with E-state index in [0.29, 0.717) is 0 Å². The zero-order valence-corrected chi connectivity index (χ0v) is 38.2. The number of anilines is 6. The maximum absolute atomic E-state index is 2.50. The van der Waals surface area contributed by atoms with Crippen molar-refractivity contribution in [1.29, 1.82) is 0 Å². The van der Waals surface area contributed by atoms with E-state index in [2.05, 4.69) is 289 Å². The Morgan fingerprint density at radius 3 is 1.71 bits per heavy atom. The summed E-state index contributed by atoms with van der Waals surface area (Å²) in [5, 5.41) is 4.97. The maximum atomic E-state index is 2.50. The van der Waals surface area contributed by atoms with E-state index in [4.69, 9.17) is 0 Å². The first-order valence-electron chi connectivity index (χ1n) is 23.6. The standard InChI is InChI=1S/C65H49N3/c1-3-4-20-46(2)65(59-32-14-16-35-63(59)68-62-34-15-13-30-57(62)58-31-19-33-60(65)64(58)68)50-23-18-28-55(45-50)66(51-24-7-5-8-25-51)53-41-37-47(38-42-53)48-39-43-54(44-40-48)67(52-26-9-6-10-27-52)61-36-17-22-49-21-11-12-29-56(49)61/h3-45H,1-2H3/b4-3-,46-20+. The van der Waals surface area contributed by atoms with Crippen molar-refractivity contribution in [1.82, 2.24) is 4.57 Å². The number of aromatic nitrogens is 1. The number of allylic oxidation sites excluding steroid dienone is 4. The van der Waals surface area contributed by atoms with Gasteiger partial charge < -0.3 is 14.4 Å². The number of fused-ring (bicyclic) bond motifs is 6. The van der Waals surface area contributed by atoms with E-state index in [1.54, 1.807) is 0 Å². The highest BCUT2D eigenvalue weighted by molar-refractivity contribution is 6.12. The van der Waals surface area contributed by atoms with Gasteiger partial charge in [0.05, 0.1) is 27.8 Å². The minimum atomic E-state index is -0.585. The van der Waals surface area contributed by atoms with Crippen LogP contribution >= 0.6 is 0 Å². The molecule has 0 spiro atoms. The molecule has 0 fully saturated rings. The summed E-state index contributed by atoms with van der Waals surface area (Å²) in [6.45, 7) is 4.40. The molecule has 0 bridgehead atoms. The van der Waals surface area contributed by atoms with Gasteiger partial charge in [0.2, 0.25) is 0 Å². The molecule has 324 valence electrons. The van der Waals surface area contributed by atoms with Crippen LogP contribution in [0.5, 0.6) is 0 Å². The van der Waals surface area contributed by atoms with E-state index in [1.165, 1.54) is 60.5 Å². The summed E-state index contributed by atoms with van der Waals surface area (Å²) in [6, 6.07) is 88.6. The van der Waals surface area contributed by atoms with E-state index in [-0.39, 0.29) is 0 Å². The number of rotatable bonds is 10. The molecule has 0 amide bonds. The Morgan fingerprint density at radius 2 is 0.971 bits per heavy atom. The van der Waals surface area contributed by atoms with Crippen LogP contribution in [0.4, 0.5) is 34.1 Å². The molecule has 1 aliphatic heterocycles. The van der Waals surface area contributed by atoms with Crippen molar-refractivity contribution < 1.29 is 0 Å². The van der Waals surface area contributed by atoms with Gasteiger partial charge in [-0.3, -0.25) is 0 Å². The molecule has 1 atom stereocenters. The van der Waals surface area contributed by atoms with Crippen molar-refractivity contribution in [2.45, 2.75) is 19.3 Å². The van der Waals surface area contributed by atoms with Crippen molar-refractivity contribution in [2.24, 2.45) is 0 Å². The minimum absolute atomic E-state index is 0.585. The number of benzene rings is 10. The summed E-state index contributed by atoms with van der Waals surface area (Å²) < 4.78 is 2.50. The van der Waals surface area contributed by atoms with Gasteiger partial charge in [-0.15, -0.1) is 0 Å². The molecule has 68 heavy (non-hydrogen) atoms. The number of hydrogen-bond donors (Lipinski definition) is 0. The molecule has 0 saturated heterocycles. The minimum Gasteiger partial charge on any atom is -0.310 e. The van der Waals surface area contributed by atoms with E-state index >= 15 is 0 Å². The highest BCUT2D eigenvalue weighted by Gasteiger charge is 2.45. The lowest BCUT2D eigenvalue weighted by atomic mass is 9.63. The third-order valence-corrected chi connectivity index (χ3v) is 13.9. The lowest BCUT2D eigenvalue weighted by Crippen LogP contribution is -2.35. The largest absolute Gasteiger partial charge is 0.310 e. The van der Waals surface area contributed by atoms with Gasteiger partial charge in [-0.2, -0.15) is 0 Å². The molecule has 0 aliphatic carbocycles. The van der Waals surface area contributed by atoms with Crippen molar-refractivity contribution in [3.05, 3.63) is 283 Å². The van der Waals surface area contributed by atoms with Crippen molar-refractivity contribution in [3.8, 4) is 16.8 Å². The number of hydrogen-bond acceptors (Lipinski definition) is 2. The highest BCUT2D eigenvalue weighted by Crippen LogP contribution is 2.55. The molecule has 1 unspecified atom stereocenters. The molecule has 0 saturated carbocycles. The molecular weight excluding hydrogens is 823 g/mol. The molecule has 12 rings (SSSR count). The fourth-order valence-electron chi connectivity index (χ4n) is 10.9. The molecular formula is C65H49N3. The molecule has 11 aromatic rings. The molecule has 0 radical (unpaired) electrons. The molecule has 3 heteroatoms. The topological polar surface area (TPSA) is 11.4 Å². The van der Waals surface area contributed by atoms with Gasteiger partial charge in [0.15, 0.2) is 0 Å². The van der Waals surface area contributed by atoms with E-state index in [0.717, 1.165) is 45.3 Å². The molecule has 1 aromatic heterocycles. The Kier molecular flexibility index (Phi) is 10.2. The monoisotopic (exact) mass is 871 g/mol. The quantitative estimate of drug-likeness (QED) is 0.127. The third-order valence-electron chi connectivity index (χ3n) is 13.9. The first-order valence-corrected chi connectivity index (χ1v) is 23.6. The summed E-state index contributed by atoms with van der Waals surface area (Å²) >= 11 is 0. The Bertz CT molecular complexity index is 3690. The zero-order valence-electron chi connectivity index (χ0n) is 38.2. The normalized spacial score (nSPS) is 14.4. The second-order valence-electron chi connectivity index (χ2n) is 17.7. The maximum Gasteiger partial charge on any atom is 0.0703 e. The average molecular weight is 872 g/mol. The van der Waals surface area contributed by atoms with Crippen molar-refractivity contribution >= 4 is 66.7 Å². The summed E-state index contributed by atoms with van der Waals surface area (Å²) in [6.07, 6.45) is 6.62. The van der Waals surface area contributed by atoms with Crippen LogP contribution in [0.3, 0.4) is 0 Å². The van der Waals surface area contributed by atoms with E-state index in [1.807, 2.05) is 0 Å². The van der Waals surface area contributed by atoms with Crippen molar-refractivity contribution in [2.75, 3.05) is 9.80 Å². The van der Waals surface area contributed by atoms with Gasteiger partial charge >= 0.3 is 0 Å². The third kappa shape index (κ3) is 6.58. The fraction of sp³-hybridized carbons (Fsp3) is 0.0462. The lowest BCUT2D eigenvalue weighted by Gasteiger charge is -2.42. The zero-order chi connectivity index (χ0) is 45.6. The summed E-state index contributed by atoms with van der Waals surface area (Å²) in [5.41, 5.74) is 17.1. The van der Waals surface area contributed by atoms with Gasteiger partial charge in [-0.25, -0.2) is 0 Å². The number of para-hydroxylation sites is 5. The molecule has 1 aliphatic rings. The smallest absolute Gasteiger partial charge is 0.0703 e. The van der Waals surface area contributed by atoms with Crippen LogP contribution in [0, 0.1) is 0 Å². The van der Waals surface area contributed by atoms with Crippen LogP contribution < -0.4 is 9.80 Å². The summed E-state index contributed by atoms with van der Waals surface area (Å²) in [5.74, 6) is 0. The Balaban J connectivity index is 0.967. The van der Waals surface area contributed by atoms with Gasteiger partial charge in [0, 0.05) is 44.6 Å². The average Bonchev–Trinajstić information content (AvgIpc) is 3.75. The summed E-state index contributed by atoms with van der Waals surface area (Å²) in [4.78, 5) is 4.75. The first-order chi connectivity index (χ1) is 33.6. The fourth-order valence-corrected chi connectivity index (χ4v) is 10.9. The second-order valence-corrected chi connectivity index (χ2v) is 17.7.